The third-order valence-electron chi connectivity index (χ3n) is 3.34. The highest BCUT2D eigenvalue weighted by Gasteiger charge is 2.17. The summed E-state index contributed by atoms with van der Waals surface area (Å²) in [6.07, 6.45) is 1.63. The molecule has 0 fully saturated rings. The lowest BCUT2D eigenvalue weighted by Gasteiger charge is -2.17. The van der Waals surface area contributed by atoms with Crippen molar-refractivity contribution in [3.05, 3.63) is 53.7 Å². The van der Waals surface area contributed by atoms with Crippen molar-refractivity contribution in [1.82, 2.24) is 5.32 Å². The molecule has 5 nitrogen and oxygen atoms in total. The van der Waals surface area contributed by atoms with E-state index in [1.165, 1.54) is 18.4 Å². The molecule has 7 heteroatoms. The number of furan rings is 1. The van der Waals surface area contributed by atoms with Gasteiger partial charge in [0.2, 0.25) is 0 Å². The van der Waals surface area contributed by atoms with Crippen molar-refractivity contribution in [2.45, 2.75) is 24.0 Å². The zero-order chi connectivity index (χ0) is 16.3. The van der Waals surface area contributed by atoms with E-state index in [9.17, 15) is 17.9 Å². The molecule has 22 heavy (non-hydrogen) atoms. The second-order valence-corrected chi connectivity index (χ2v) is 7.11. The fraction of sp³-hybridized carbons (Fsp3) is 0.333. The first-order valence-corrected chi connectivity index (χ1v) is 8.62. The zero-order valence-corrected chi connectivity index (χ0v) is 13.1. The van der Waals surface area contributed by atoms with Crippen molar-refractivity contribution in [2.75, 3.05) is 12.8 Å². The maximum atomic E-state index is 13.9. The number of hydrogen-bond donors (Lipinski definition) is 2. The van der Waals surface area contributed by atoms with Crippen LogP contribution in [0.15, 0.2) is 45.9 Å². The van der Waals surface area contributed by atoms with Gasteiger partial charge in [-0.3, -0.25) is 0 Å². The maximum Gasteiger partial charge on any atom is 0.178 e. The second-order valence-electron chi connectivity index (χ2n) is 5.12. The Bertz CT molecular complexity index is 728. The SMILES string of the molecule is C[C@@H](NC[C@H](O)c1ccco1)c1ccc(S(C)(=O)=O)c(F)c1. The van der Waals surface area contributed by atoms with E-state index in [2.05, 4.69) is 5.32 Å². The van der Waals surface area contributed by atoms with Gasteiger partial charge in [-0.1, -0.05) is 6.07 Å². The normalized spacial score (nSPS) is 14.7. The second kappa shape index (κ2) is 6.60. The van der Waals surface area contributed by atoms with E-state index in [0.717, 1.165) is 6.26 Å². The van der Waals surface area contributed by atoms with Crippen LogP contribution in [-0.2, 0) is 9.84 Å². The molecule has 1 aromatic heterocycles. The van der Waals surface area contributed by atoms with Crippen LogP contribution < -0.4 is 5.32 Å². The van der Waals surface area contributed by atoms with Crippen LogP contribution in [0.3, 0.4) is 0 Å². The Labute approximate surface area is 128 Å². The lowest BCUT2D eigenvalue weighted by Crippen LogP contribution is -2.24. The summed E-state index contributed by atoms with van der Waals surface area (Å²) in [4.78, 5) is -0.320. The molecule has 0 saturated carbocycles. The van der Waals surface area contributed by atoms with Crippen LogP contribution in [0.2, 0.25) is 0 Å². The van der Waals surface area contributed by atoms with Crippen LogP contribution in [-0.4, -0.2) is 26.3 Å². The molecule has 0 amide bonds. The van der Waals surface area contributed by atoms with E-state index in [4.69, 9.17) is 4.42 Å². The Balaban J connectivity index is 2.04. The minimum atomic E-state index is -3.58. The maximum absolute atomic E-state index is 13.9. The highest BCUT2D eigenvalue weighted by Crippen LogP contribution is 2.21. The van der Waals surface area contributed by atoms with E-state index in [-0.39, 0.29) is 17.5 Å². The van der Waals surface area contributed by atoms with Crippen molar-refractivity contribution < 1.29 is 22.3 Å². The zero-order valence-electron chi connectivity index (χ0n) is 12.3. The number of hydrogen-bond acceptors (Lipinski definition) is 5. The number of aliphatic hydroxyl groups excluding tert-OH is 1. The predicted molar refractivity (Wildman–Crippen MR) is 79.6 cm³/mol. The van der Waals surface area contributed by atoms with Gasteiger partial charge in [0.15, 0.2) is 9.84 Å². The molecule has 0 spiro atoms. The summed E-state index contributed by atoms with van der Waals surface area (Å²) in [7, 11) is -3.58. The van der Waals surface area contributed by atoms with Crippen molar-refractivity contribution in [1.29, 1.82) is 0 Å². The molecule has 2 atom stereocenters. The molecule has 0 unspecified atom stereocenters. The molecule has 0 aliphatic rings. The Morgan fingerprint density at radius 1 is 1.36 bits per heavy atom. The fourth-order valence-corrected chi connectivity index (χ4v) is 2.80. The lowest BCUT2D eigenvalue weighted by atomic mass is 10.1. The minimum absolute atomic E-state index is 0.226. The topological polar surface area (TPSA) is 79.5 Å². The Hall–Kier alpha value is -1.70. The van der Waals surface area contributed by atoms with Crippen LogP contribution in [0, 0.1) is 5.82 Å². The van der Waals surface area contributed by atoms with Gasteiger partial charge >= 0.3 is 0 Å². The van der Waals surface area contributed by atoms with Crippen molar-refractivity contribution in [3.63, 3.8) is 0 Å². The van der Waals surface area contributed by atoms with Gasteiger partial charge in [0, 0.05) is 18.8 Å². The minimum Gasteiger partial charge on any atom is -0.467 e. The molecule has 1 heterocycles. The van der Waals surface area contributed by atoms with Gasteiger partial charge in [0.1, 0.15) is 22.6 Å². The number of rotatable bonds is 6. The monoisotopic (exact) mass is 327 g/mol. The van der Waals surface area contributed by atoms with Crippen LogP contribution in [0.4, 0.5) is 4.39 Å². The average Bonchev–Trinajstić information content (AvgIpc) is 2.97. The highest BCUT2D eigenvalue weighted by molar-refractivity contribution is 7.90. The van der Waals surface area contributed by atoms with Crippen molar-refractivity contribution in [3.8, 4) is 0 Å². The summed E-state index contributed by atoms with van der Waals surface area (Å²) >= 11 is 0. The van der Waals surface area contributed by atoms with Gasteiger partial charge in [0.05, 0.1) is 6.26 Å². The smallest absolute Gasteiger partial charge is 0.178 e. The molecule has 2 rings (SSSR count). The molecule has 0 saturated heterocycles. The lowest BCUT2D eigenvalue weighted by molar-refractivity contribution is 0.144. The Kier molecular flexibility index (Phi) is 5.00. The first-order valence-electron chi connectivity index (χ1n) is 6.73. The molecule has 0 aliphatic heterocycles. The first kappa shape index (κ1) is 16.7. The van der Waals surface area contributed by atoms with Gasteiger partial charge in [-0.25, -0.2) is 12.8 Å². The summed E-state index contributed by atoms with van der Waals surface area (Å²) in [5.74, 6) is -0.335. The molecule has 1 aromatic carbocycles. The van der Waals surface area contributed by atoms with Crippen LogP contribution in [0.5, 0.6) is 0 Å². The molecular weight excluding hydrogens is 309 g/mol. The van der Waals surface area contributed by atoms with E-state index in [1.54, 1.807) is 25.1 Å². The summed E-state index contributed by atoms with van der Waals surface area (Å²) in [6.45, 7) is 2.02. The number of halogens is 1. The molecule has 0 aliphatic carbocycles. The first-order chi connectivity index (χ1) is 10.3. The third kappa shape index (κ3) is 3.94. The fourth-order valence-electron chi connectivity index (χ4n) is 2.07. The van der Waals surface area contributed by atoms with E-state index in [1.807, 2.05) is 0 Å². The number of aliphatic hydroxyl groups is 1. The van der Waals surface area contributed by atoms with Gasteiger partial charge in [-0.15, -0.1) is 0 Å². The van der Waals surface area contributed by atoms with Crippen LogP contribution in [0.25, 0.3) is 0 Å². The largest absolute Gasteiger partial charge is 0.467 e. The summed E-state index contributed by atoms with van der Waals surface area (Å²) in [5.41, 5.74) is 0.594. The van der Waals surface area contributed by atoms with Crippen LogP contribution >= 0.6 is 0 Å². The number of benzene rings is 1. The molecular formula is C15H18FNO4S. The van der Waals surface area contributed by atoms with Crippen LogP contribution in [0.1, 0.15) is 30.4 Å². The van der Waals surface area contributed by atoms with E-state index < -0.39 is 21.8 Å². The molecule has 0 bridgehead atoms. The molecule has 120 valence electrons. The van der Waals surface area contributed by atoms with Gasteiger partial charge in [-0.2, -0.15) is 0 Å². The van der Waals surface area contributed by atoms with E-state index in [0.29, 0.717) is 11.3 Å². The quantitative estimate of drug-likeness (QED) is 0.850. The van der Waals surface area contributed by atoms with Crippen molar-refractivity contribution in [2.24, 2.45) is 0 Å². The summed E-state index contributed by atoms with van der Waals surface area (Å²) in [6, 6.07) is 7.08. The predicted octanol–water partition coefficient (Wildman–Crippen LogP) is 2.21. The molecule has 2 N–H and O–H groups in total. The van der Waals surface area contributed by atoms with Gasteiger partial charge in [-0.05, 0) is 36.8 Å². The van der Waals surface area contributed by atoms with Gasteiger partial charge < -0.3 is 14.8 Å². The third-order valence-corrected chi connectivity index (χ3v) is 4.47. The summed E-state index contributed by atoms with van der Waals surface area (Å²) in [5, 5.41) is 12.9. The Morgan fingerprint density at radius 3 is 2.64 bits per heavy atom. The molecule has 2 aromatic rings. The standard InChI is InChI=1S/C15H18FNO4S/c1-10(17-9-13(18)14-4-3-7-21-14)11-5-6-15(12(16)8-11)22(2,19)20/h3-8,10,13,17-18H,9H2,1-2H3/t10-,13+/m1/s1. The average molecular weight is 327 g/mol. The Morgan fingerprint density at radius 2 is 2.09 bits per heavy atom. The number of sulfone groups is 1. The molecule has 0 radical (unpaired) electrons. The highest BCUT2D eigenvalue weighted by atomic mass is 32.2. The van der Waals surface area contributed by atoms with Crippen molar-refractivity contribution >= 4 is 9.84 Å². The van der Waals surface area contributed by atoms with E-state index >= 15 is 0 Å². The summed E-state index contributed by atoms with van der Waals surface area (Å²) < 4.78 is 41.7. The van der Waals surface area contributed by atoms with Gasteiger partial charge in [0.25, 0.3) is 0 Å². The number of nitrogens with one attached hydrogen (secondary N) is 1.